The molecule has 2 nitrogen and oxygen atoms in total. The molecule has 4 heteroatoms. The summed E-state index contributed by atoms with van der Waals surface area (Å²) in [5, 5.41) is 0. The molecule has 1 aromatic rings. The summed E-state index contributed by atoms with van der Waals surface area (Å²) < 4.78 is 14.1. The number of nitrogens with zero attached hydrogens (tertiary/aromatic N) is 1. The molecule has 76 valence electrons. The van der Waals surface area contributed by atoms with Crippen molar-refractivity contribution in [1.29, 1.82) is 0 Å². The minimum atomic E-state index is 0.260. The maximum atomic E-state index is 11.7. The van der Waals surface area contributed by atoms with Gasteiger partial charge in [-0.15, -0.1) is 0 Å². The molecule has 0 aliphatic carbocycles. The highest BCUT2D eigenvalue weighted by Gasteiger charge is 2.12. The molecule has 1 aliphatic heterocycles. The largest absolute Gasteiger partial charge is 0.294 e. The Kier molecular flexibility index (Phi) is 3.26. The molecule has 2 rings (SSSR count). The zero-order chi connectivity index (χ0) is 9.80. The van der Waals surface area contributed by atoms with Gasteiger partial charge in [0.1, 0.15) is 0 Å². The zero-order valence-corrected chi connectivity index (χ0v) is 8.60. The molecule has 1 heterocycles. The number of hydrogen-bond donors (Lipinski definition) is 0. The van der Waals surface area contributed by atoms with E-state index in [4.69, 9.17) is 0 Å². The molecule has 0 N–H and O–H groups in total. The predicted molar refractivity (Wildman–Crippen MR) is 54.8 cm³/mol. The highest BCUT2D eigenvalue weighted by molar-refractivity contribution is 7.97. The summed E-state index contributed by atoms with van der Waals surface area (Å²) in [7, 11) is 0. The first-order valence-electron chi connectivity index (χ1n) is 4.70. The van der Waals surface area contributed by atoms with Gasteiger partial charge in [-0.05, 0) is 49.1 Å². The molecule has 1 fully saturated rings. The van der Waals surface area contributed by atoms with Gasteiger partial charge in [-0.1, -0.05) is 0 Å². The quantitative estimate of drug-likeness (QED) is 0.716. The first-order chi connectivity index (χ1) is 6.88. The van der Waals surface area contributed by atoms with E-state index in [-0.39, 0.29) is 5.75 Å². The summed E-state index contributed by atoms with van der Waals surface area (Å²) >= 11 is 1.73. The molecular formula is C10H12FNOS. The predicted octanol–water partition coefficient (Wildman–Crippen LogP) is 3.05. The average molecular weight is 213 g/mol. The van der Waals surface area contributed by atoms with Crippen LogP contribution in [0.2, 0.25) is 0 Å². The van der Waals surface area contributed by atoms with Crippen LogP contribution in [0.25, 0.3) is 0 Å². The van der Waals surface area contributed by atoms with Gasteiger partial charge >= 0.3 is 0 Å². The first-order valence-corrected chi connectivity index (χ1v) is 5.47. The molecule has 0 unspecified atom stereocenters. The van der Waals surface area contributed by atoms with Crippen LogP contribution < -0.4 is 4.94 Å². The van der Waals surface area contributed by atoms with Crippen molar-refractivity contribution in [2.75, 3.05) is 13.1 Å². The van der Waals surface area contributed by atoms with Gasteiger partial charge in [-0.2, -0.15) is 0 Å². The van der Waals surface area contributed by atoms with Crippen molar-refractivity contribution >= 4 is 11.9 Å². The minimum absolute atomic E-state index is 0.260. The van der Waals surface area contributed by atoms with Crippen LogP contribution in [0.4, 0.5) is 4.53 Å². The molecular weight excluding hydrogens is 201 g/mol. The molecule has 14 heavy (non-hydrogen) atoms. The third kappa shape index (κ3) is 2.39. The Hall–Kier alpha value is -0.740. The van der Waals surface area contributed by atoms with E-state index < -0.39 is 0 Å². The highest BCUT2D eigenvalue weighted by atomic mass is 32.2. The van der Waals surface area contributed by atoms with Crippen molar-refractivity contribution in [3.05, 3.63) is 24.3 Å². The Labute approximate surface area is 87.1 Å². The molecule has 0 atom stereocenters. The number of benzene rings is 1. The molecule has 0 bridgehead atoms. The van der Waals surface area contributed by atoms with E-state index in [9.17, 15) is 4.53 Å². The van der Waals surface area contributed by atoms with E-state index in [1.54, 1.807) is 24.1 Å². The van der Waals surface area contributed by atoms with E-state index in [1.807, 2.05) is 12.1 Å². The standard InChI is InChI=1S/C10H12FNOS/c11-13-9-3-5-10(6-4-9)14-12-7-1-2-8-12/h3-6H,1-2,7-8H2. The number of halogens is 1. The molecule has 0 aromatic heterocycles. The average Bonchev–Trinajstić information content (AvgIpc) is 2.72. The van der Waals surface area contributed by atoms with Crippen LogP contribution in [-0.2, 0) is 0 Å². The Bertz CT molecular complexity index is 285. The number of rotatable bonds is 3. The van der Waals surface area contributed by atoms with Gasteiger partial charge < -0.3 is 0 Å². The van der Waals surface area contributed by atoms with Crippen molar-refractivity contribution in [2.24, 2.45) is 0 Å². The van der Waals surface area contributed by atoms with E-state index >= 15 is 0 Å². The van der Waals surface area contributed by atoms with Gasteiger partial charge in [0.15, 0.2) is 5.75 Å². The zero-order valence-electron chi connectivity index (χ0n) is 7.78. The number of hydrogen-bond acceptors (Lipinski definition) is 3. The lowest BCUT2D eigenvalue weighted by Gasteiger charge is -2.12. The molecule has 0 saturated carbocycles. The summed E-state index contributed by atoms with van der Waals surface area (Å²) in [6.45, 7) is 2.29. The van der Waals surface area contributed by atoms with E-state index in [2.05, 4.69) is 9.25 Å². The van der Waals surface area contributed by atoms with Crippen LogP contribution in [0, 0.1) is 0 Å². The third-order valence-corrected chi connectivity index (χ3v) is 3.32. The first kappa shape index (κ1) is 9.80. The van der Waals surface area contributed by atoms with E-state index in [0.717, 1.165) is 18.0 Å². The van der Waals surface area contributed by atoms with Crippen LogP contribution >= 0.6 is 11.9 Å². The minimum Gasteiger partial charge on any atom is -0.294 e. The van der Waals surface area contributed by atoms with Gasteiger partial charge in [-0.25, -0.2) is 4.31 Å². The Balaban J connectivity index is 1.95. The van der Waals surface area contributed by atoms with Gasteiger partial charge in [0.05, 0.1) is 0 Å². The van der Waals surface area contributed by atoms with Crippen molar-refractivity contribution < 1.29 is 9.47 Å². The SMILES string of the molecule is FOc1ccc(SN2CCCC2)cc1. The van der Waals surface area contributed by atoms with Crippen molar-refractivity contribution in [2.45, 2.75) is 17.7 Å². The topological polar surface area (TPSA) is 12.5 Å². The molecule has 0 radical (unpaired) electrons. The maximum Gasteiger partial charge on any atom is 0.171 e. The summed E-state index contributed by atoms with van der Waals surface area (Å²) in [6, 6.07) is 7.02. The molecule has 1 aromatic carbocycles. The summed E-state index contributed by atoms with van der Waals surface area (Å²) in [6.07, 6.45) is 2.55. The molecule has 0 spiro atoms. The lowest BCUT2D eigenvalue weighted by Crippen LogP contribution is -2.08. The maximum absolute atomic E-state index is 11.7. The fraction of sp³-hybridized carbons (Fsp3) is 0.400. The Morgan fingerprint density at radius 2 is 1.79 bits per heavy atom. The van der Waals surface area contributed by atoms with Crippen molar-refractivity contribution in [3.63, 3.8) is 0 Å². The van der Waals surface area contributed by atoms with Crippen molar-refractivity contribution in [1.82, 2.24) is 4.31 Å². The monoisotopic (exact) mass is 213 g/mol. The lowest BCUT2D eigenvalue weighted by atomic mass is 10.3. The highest BCUT2D eigenvalue weighted by Crippen LogP contribution is 2.27. The Morgan fingerprint density at radius 3 is 2.36 bits per heavy atom. The van der Waals surface area contributed by atoms with Gasteiger partial charge in [0, 0.05) is 22.5 Å². The normalized spacial score (nSPS) is 17.2. The van der Waals surface area contributed by atoms with Crippen LogP contribution in [0.5, 0.6) is 5.75 Å². The van der Waals surface area contributed by atoms with E-state index in [1.165, 1.54) is 12.8 Å². The summed E-state index contributed by atoms with van der Waals surface area (Å²) in [4.78, 5) is 4.75. The third-order valence-electron chi connectivity index (χ3n) is 2.21. The second-order valence-electron chi connectivity index (χ2n) is 3.28. The second-order valence-corrected chi connectivity index (χ2v) is 4.45. The van der Waals surface area contributed by atoms with Gasteiger partial charge in [0.2, 0.25) is 0 Å². The molecule has 1 aliphatic rings. The van der Waals surface area contributed by atoms with Gasteiger partial charge in [-0.3, -0.25) is 4.94 Å². The summed E-state index contributed by atoms with van der Waals surface area (Å²) in [5.41, 5.74) is 0. The molecule has 1 saturated heterocycles. The fourth-order valence-electron chi connectivity index (χ4n) is 1.48. The van der Waals surface area contributed by atoms with Gasteiger partial charge in [0.25, 0.3) is 0 Å². The summed E-state index contributed by atoms with van der Waals surface area (Å²) in [5.74, 6) is 0.260. The van der Waals surface area contributed by atoms with Crippen LogP contribution in [0.15, 0.2) is 29.2 Å². The fourth-order valence-corrected chi connectivity index (χ4v) is 2.48. The molecule has 0 amide bonds. The second kappa shape index (κ2) is 4.66. The van der Waals surface area contributed by atoms with Crippen LogP contribution in [-0.4, -0.2) is 17.4 Å². The smallest absolute Gasteiger partial charge is 0.171 e. The Morgan fingerprint density at radius 1 is 1.14 bits per heavy atom. The van der Waals surface area contributed by atoms with Crippen LogP contribution in [0.3, 0.4) is 0 Å². The van der Waals surface area contributed by atoms with Crippen LogP contribution in [0.1, 0.15) is 12.8 Å². The van der Waals surface area contributed by atoms with Crippen molar-refractivity contribution in [3.8, 4) is 5.75 Å². The lowest BCUT2D eigenvalue weighted by molar-refractivity contribution is -0.00626. The van der Waals surface area contributed by atoms with E-state index in [0.29, 0.717) is 0 Å².